The molecule has 1 aromatic carbocycles. The molecule has 0 atom stereocenters. The molecule has 0 bridgehead atoms. The van der Waals surface area contributed by atoms with Gasteiger partial charge in [0.15, 0.2) is 0 Å². The molecule has 0 saturated carbocycles. The summed E-state index contributed by atoms with van der Waals surface area (Å²) in [4.78, 5) is 27.9. The van der Waals surface area contributed by atoms with Crippen molar-refractivity contribution in [3.63, 3.8) is 0 Å². The SMILES string of the molecule is Cc1cc(=O)n(CCNC(=O)c2ccc(C(C)(C)C)cc2)cn1. The smallest absolute Gasteiger partial charge is 0.253 e. The molecule has 1 amide bonds. The molecule has 0 aliphatic carbocycles. The minimum atomic E-state index is -0.140. The van der Waals surface area contributed by atoms with Gasteiger partial charge in [-0.15, -0.1) is 0 Å². The van der Waals surface area contributed by atoms with Crippen LogP contribution in [-0.4, -0.2) is 22.0 Å². The van der Waals surface area contributed by atoms with Crippen molar-refractivity contribution in [3.8, 4) is 0 Å². The Labute approximate surface area is 136 Å². The zero-order chi connectivity index (χ0) is 17.0. The molecule has 0 radical (unpaired) electrons. The van der Waals surface area contributed by atoms with Gasteiger partial charge in [-0.05, 0) is 30.0 Å². The second kappa shape index (κ2) is 6.77. The van der Waals surface area contributed by atoms with Crippen molar-refractivity contribution >= 4 is 5.91 Å². The van der Waals surface area contributed by atoms with Gasteiger partial charge in [-0.3, -0.25) is 14.2 Å². The van der Waals surface area contributed by atoms with Gasteiger partial charge in [-0.1, -0.05) is 32.9 Å². The lowest BCUT2D eigenvalue weighted by Crippen LogP contribution is -2.30. The lowest BCUT2D eigenvalue weighted by molar-refractivity contribution is 0.0952. The van der Waals surface area contributed by atoms with Crippen LogP contribution in [0.25, 0.3) is 0 Å². The fraction of sp³-hybridized carbons (Fsp3) is 0.389. The van der Waals surface area contributed by atoms with E-state index in [1.807, 2.05) is 24.3 Å². The number of aryl methyl sites for hydroxylation is 1. The van der Waals surface area contributed by atoms with Crippen LogP contribution in [-0.2, 0) is 12.0 Å². The van der Waals surface area contributed by atoms with E-state index in [0.29, 0.717) is 24.3 Å². The molecule has 0 aliphatic heterocycles. The molecule has 0 spiro atoms. The molecule has 0 saturated heterocycles. The second-order valence-corrected chi connectivity index (χ2v) is 6.65. The highest BCUT2D eigenvalue weighted by atomic mass is 16.1. The maximum Gasteiger partial charge on any atom is 0.253 e. The van der Waals surface area contributed by atoms with Crippen LogP contribution in [0.4, 0.5) is 0 Å². The topological polar surface area (TPSA) is 64.0 Å². The van der Waals surface area contributed by atoms with Crippen molar-refractivity contribution in [1.82, 2.24) is 14.9 Å². The highest BCUT2D eigenvalue weighted by Gasteiger charge is 2.14. The highest BCUT2D eigenvalue weighted by molar-refractivity contribution is 5.94. The van der Waals surface area contributed by atoms with E-state index in [0.717, 1.165) is 0 Å². The maximum atomic E-state index is 12.1. The fourth-order valence-electron chi connectivity index (χ4n) is 2.20. The number of nitrogens with zero attached hydrogens (tertiary/aromatic N) is 2. The van der Waals surface area contributed by atoms with Gasteiger partial charge in [0.2, 0.25) is 0 Å². The van der Waals surface area contributed by atoms with Gasteiger partial charge >= 0.3 is 0 Å². The zero-order valence-electron chi connectivity index (χ0n) is 14.1. The summed E-state index contributed by atoms with van der Waals surface area (Å²) in [5.41, 5.74) is 2.45. The van der Waals surface area contributed by atoms with Gasteiger partial charge in [0.25, 0.3) is 11.5 Å². The lowest BCUT2D eigenvalue weighted by atomic mass is 9.87. The first-order valence-electron chi connectivity index (χ1n) is 7.69. The number of carbonyl (C=O) groups is 1. The minimum Gasteiger partial charge on any atom is -0.350 e. The first-order chi connectivity index (χ1) is 10.8. The van der Waals surface area contributed by atoms with Crippen LogP contribution in [0, 0.1) is 6.92 Å². The molecular formula is C18H23N3O2. The standard InChI is InChI=1S/C18H23N3O2/c1-13-11-16(22)21(12-20-13)10-9-19-17(23)14-5-7-15(8-6-14)18(2,3)4/h5-8,11-12H,9-10H2,1-4H3,(H,19,23). The molecule has 5 nitrogen and oxygen atoms in total. The third kappa shape index (κ3) is 4.52. The molecule has 122 valence electrons. The number of hydrogen-bond donors (Lipinski definition) is 1. The Balaban J connectivity index is 1.93. The number of rotatable bonds is 4. The molecule has 0 aliphatic rings. The summed E-state index contributed by atoms with van der Waals surface area (Å²) in [6.07, 6.45) is 1.50. The molecule has 0 fully saturated rings. The van der Waals surface area contributed by atoms with Gasteiger partial charge in [0.1, 0.15) is 0 Å². The number of benzene rings is 1. The van der Waals surface area contributed by atoms with Crippen LogP contribution >= 0.6 is 0 Å². The summed E-state index contributed by atoms with van der Waals surface area (Å²) in [5, 5.41) is 2.82. The highest BCUT2D eigenvalue weighted by Crippen LogP contribution is 2.22. The largest absolute Gasteiger partial charge is 0.350 e. The van der Waals surface area contributed by atoms with Gasteiger partial charge in [-0.25, -0.2) is 4.98 Å². The van der Waals surface area contributed by atoms with E-state index in [-0.39, 0.29) is 16.9 Å². The molecule has 2 aromatic rings. The normalized spacial score (nSPS) is 11.3. The minimum absolute atomic E-state index is 0.0641. The fourth-order valence-corrected chi connectivity index (χ4v) is 2.20. The molecule has 1 aromatic heterocycles. The molecule has 1 heterocycles. The van der Waals surface area contributed by atoms with Crippen molar-refractivity contribution < 1.29 is 4.79 Å². The van der Waals surface area contributed by atoms with Crippen LogP contribution in [0.1, 0.15) is 42.4 Å². The summed E-state index contributed by atoms with van der Waals surface area (Å²) in [6, 6.07) is 9.09. The average molecular weight is 313 g/mol. The van der Waals surface area contributed by atoms with Crippen molar-refractivity contribution in [1.29, 1.82) is 0 Å². The van der Waals surface area contributed by atoms with E-state index in [9.17, 15) is 9.59 Å². The van der Waals surface area contributed by atoms with Crippen LogP contribution in [0.3, 0.4) is 0 Å². The van der Waals surface area contributed by atoms with Crippen molar-refractivity contribution in [2.45, 2.75) is 39.7 Å². The molecule has 0 unspecified atom stereocenters. The molecule has 1 N–H and O–H groups in total. The van der Waals surface area contributed by atoms with Gasteiger partial charge in [0.05, 0.1) is 6.33 Å². The predicted octanol–water partition coefficient (Wildman–Crippen LogP) is 2.28. The van der Waals surface area contributed by atoms with E-state index < -0.39 is 0 Å². The molecular weight excluding hydrogens is 290 g/mol. The Morgan fingerprint density at radius 2 is 1.87 bits per heavy atom. The lowest BCUT2D eigenvalue weighted by Gasteiger charge is -2.19. The number of carbonyl (C=O) groups excluding carboxylic acids is 1. The maximum absolute atomic E-state index is 12.1. The number of amides is 1. The third-order valence-electron chi connectivity index (χ3n) is 3.67. The van der Waals surface area contributed by atoms with Crippen LogP contribution in [0.5, 0.6) is 0 Å². The Morgan fingerprint density at radius 3 is 2.43 bits per heavy atom. The van der Waals surface area contributed by atoms with Crippen LogP contribution < -0.4 is 10.9 Å². The van der Waals surface area contributed by atoms with Crippen molar-refractivity contribution in [3.05, 3.63) is 63.8 Å². The Kier molecular flexibility index (Phi) is 4.98. The monoisotopic (exact) mass is 313 g/mol. The van der Waals surface area contributed by atoms with Crippen molar-refractivity contribution in [2.75, 3.05) is 6.54 Å². The zero-order valence-corrected chi connectivity index (χ0v) is 14.1. The number of nitrogens with one attached hydrogen (secondary N) is 1. The second-order valence-electron chi connectivity index (χ2n) is 6.65. The molecule has 2 rings (SSSR count). The van der Waals surface area contributed by atoms with E-state index in [4.69, 9.17) is 0 Å². The summed E-state index contributed by atoms with van der Waals surface area (Å²) < 4.78 is 1.48. The molecule has 23 heavy (non-hydrogen) atoms. The summed E-state index contributed by atoms with van der Waals surface area (Å²) >= 11 is 0. The number of hydrogen-bond acceptors (Lipinski definition) is 3. The van der Waals surface area contributed by atoms with Gasteiger partial charge in [0, 0.05) is 30.4 Å². The Bertz CT molecular complexity index is 740. The summed E-state index contributed by atoms with van der Waals surface area (Å²) in [6.45, 7) is 8.96. The van der Waals surface area contributed by atoms with E-state index >= 15 is 0 Å². The quantitative estimate of drug-likeness (QED) is 0.942. The first-order valence-corrected chi connectivity index (χ1v) is 7.69. The van der Waals surface area contributed by atoms with E-state index in [1.54, 1.807) is 6.92 Å². The average Bonchev–Trinajstić information content (AvgIpc) is 2.48. The first kappa shape index (κ1) is 16.9. The van der Waals surface area contributed by atoms with E-state index in [2.05, 4.69) is 31.1 Å². The Morgan fingerprint density at radius 1 is 1.22 bits per heavy atom. The number of aromatic nitrogens is 2. The molecule has 5 heteroatoms. The Hall–Kier alpha value is -2.43. The van der Waals surface area contributed by atoms with Gasteiger partial charge < -0.3 is 5.32 Å². The van der Waals surface area contributed by atoms with Crippen LogP contribution in [0.2, 0.25) is 0 Å². The van der Waals surface area contributed by atoms with Gasteiger partial charge in [-0.2, -0.15) is 0 Å². The van der Waals surface area contributed by atoms with Crippen molar-refractivity contribution in [2.24, 2.45) is 0 Å². The third-order valence-corrected chi connectivity index (χ3v) is 3.67. The van der Waals surface area contributed by atoms with Crippen LogP contribution in [0.15, 0.2) is 41.5 Å². The van der Waals surface area contributed by atoms with E-state index in [1.165, 1.54) is 22.5 Å². The summed E-state index contributed by atoms with van der Waals surface area (Å²) in [5.74, 6) is -0.140. The predicted molar refractivity (Wildman–Crippen MR) is 90.7 cm³/mol. The summed E-state index contributed by atoms with van der Waals surface area (Å²) in [7, 11) is 0.